The zero-order valence-corrected chi connectivity index (χ0v) is 17.7. The Morgan fingerprint density at radius 2 is 2.07 bits per heavy atom. The summed E-state index contributed by atoms with van der Waals surface area (Å²) < 4.78 is 1.91. The molecule has 0 aromatic carbocycles. The average molecular weight is 406 g/mol. The maximum atomic E-state index is 13.3. The summed E-state index contributed by atoms with van der Waals surface area (Å²) in [6, 6.07) is 7.15. The minimum absolute atomic E-state index is 0.0957. The van der Waals surface area contributed by atoms with E-state index in [4.69, 9.17) is 15.7 Å². The minimum Gasteiger partial charge on any atom is -0.360 e. The van der Waals surface area contributed by atoms with E-state index in [0.29, 0.717) is 29.4 Å². The van der Waals surface area contributed by atoms with Crippen LogP contribution in [0.4, 0.5) is 11.6 Å². The van der Waals surface area contributed by atoms with Crippen LogP contribution in [0, 0.1) is 0 Å². The highest BCUT2D eigenvalue weighted by molar-refractivity contribution is 6.10. The van der Waals surface area contributed by atoms with Crippen LogP contribution in [-0.2, 0) is 13.1 Å². The number of hydrogen-bond donors (Lipinski definition) is 1. The van der Waals surface area contributed by atoms with E-state index >= 15 is 0 Å². The van der Waals surface area contributed by atoms with Gasteiger partial charge in [-0.1, -0.05) is 6.07 Å². The fourth-order valence-electron chi connectivity index (χ4n) is 3.61. The molecule has 3 aromatic rings. The van der Waals surface area contributed by atoms with Crippen molar-refractivity contribution in [3.8, 4) is 11.5 Å². The lowest BCUT2D eigenvalue weighted by Gasteiger charge is -2.19. The normalized spacial score (nSPS) is 14.2. The lowest BCUT2D eigenvalue weighted by atomic mass is 10.0. The number of aryl methyl sites for hydroxylation is 1. The molecule has 1 amide bonds. The van der Waals surface area contributed by atoms with Gasteiger partial charge >= 0.3 is 0 Å². The van der Waals surface area contributed by atoms with E-state index in [-0.39, 0.29) is 11.9 Å². The number of rotatable bonds is 6. The fraction of sp³-hybridized carbons (Fsp3) is 0.381. The molecule has 3 aromatic heterocycles. The molecule has 4 rings (SSSR count). The van der Waals surface area contributed by atoms with Crippen molar-refractivity contribution in [3.63, 3.8) is 0 Å². The average Bonchev–Trinajstić information content (AvgIpc) is 3.37. The van der Waals surface area contributed by atoms with Crippen LogP contribution in [0.5, 0.6) is 0 Å². The summed E-state index contributed by atoms with van der Waals surface area (Å²) in [7, 11) is 1.95. The molecule has 0 saturated heterocycles. The lowest BCUT2D eigenvalue weighted by molar-refractivity contribution is 0.0996. The van der Waals surface area contributed by atoms with Crippen molar-refractivity contribution in [2.75, 3.05) is 23.4 Å². The van der Waals surface area contributed by atoms with Crippen LogP contribution in [0.2, 0.25) is 0 Å². The number of aromatic nitrogens is 5. The minimum atomic E-state index is -0.279. The van der Waals surface area contributed by atoms with Crippen LogP contribution in [0.15, 0.2) is 30.6 Å². The number of carbonyl (C=O) groups excluding carboxylic acids is 1. The summed E-state index contributed by atoms with van der Waals surface area (Å²) in [5.41, 5.74) is 9.13. The van der Waals surface area contributed by atoms with Crippen LogP contribution in [0.1, 0.15) is 48.4 Å². The number of carbonyl (C=O) groups is 1. The molecule has 1 atom stereocenters. The van der Waals surface area contributed by atoms with Gasteiger partial charge in [-0.3, -0.25) is 9.69 Å². The standard InChI is InChI=1S/C21H26N8O/c1-5-27(4)18-10-14-15(19(25-18)13(3)22)11-29(21(14)30)17-9-7-8-16(24-17)20-26-23-12-28(20)6-2/h7-10,12-13H,5-6,11,22H2,1-4H3/t13-/m1/s1. The van der Waals surface area contributed by atoms with E-state index in [1.54, 1.807) is 11.2 Å². The van der Waals surface area contributed by atoms with Gasteiger partial charge in [0.25, 0.3) is 5.91 Å². The molecule has 9 heteroatoms. The van der Waals surface area contributed by atoms with Gasteiger partial charge in [0.05, 0.1) is 17.8 Å². The Bertz CT molecular complexity index is 1090. The smallest absolute Gasteiger partial charge is 0.260 e. The highest BCUT2D eigenvalue weighted by atomic mass is 16.2. The topological polar surface area (TPSA) is 106 Å². The molecule has 156 valence electrons. The first-order valence-corrected chi connectivity index (χ1v) is 10.1. The predicted molar refractivity (Wildman–Crippen MR) is 115 cm³/mol. The molecule has 0 spiro atoms. The van der Waals surface area contributed by atoms with Crippen molar-refractivity contribution in [3.05, 3.63) is 47.4 Å². The molecule has 9 nitrogen and oxygen atoms in total. The first-order valence-electron chi connectivity index (χ1n) is 10.1. The Kier molecular flexibility index (Phi) is 5.21. The lowest BCUT2D eigenvalue weighted by Crippen LogP contribution is -2.24. The van der Waals surface area contributed by atoms with Crippen LogP contribution < -0.4 is 15.5 Å². The summed E-state index contributed by atoms with van der Waals surface area (Å²) >= 11 is 0. The third-order valence-electron chi connectivity index (χ3n) is 5.43. The van der Waals surface area contributed by atoms with E-state index in [1.165, 1.54) is 0 Å². The molecule has 0 bridgehead atoms. The second-order valence-electron chi connectivity index (χ2n) is 7.41. The third kappa shape index (κ3) is 3.30. The third-order valence-corrected chi connectivity index (χ3v) is 5.43. The number of hydrogen-bond acceptors (Lipinski definition) is 7. The van der Waals surface area contributed by atoms with Gasteiger partial charge < -0.3 is 15.2 Å². The van der Waals surface area contributed by atoms with Gasteiger partial charge in [0.15, 0.2) is 5.82 Å². The monoisotopic (exact) mass is 406 g/mol. The Hall–Kier alpha value is -3.33. The molecule has 0 aliphatic carbocycles. The number of nitrogens with two attached hydrogens (primary N) is 1. The van der Waals surface area contributed by atoms with Gasteiger partial charge in [0, 0.05) is 31.7 Å². The number of nitrogens with zero attached hydrogens (tertiary/aromatic N) is 7. The van der Waals surface area contributed by atoms with Crippen molar-refractivity contribution in [1.29, 1.82) is 0 Å². The van der Waals surface area contributed by atoms with Crippen molar-refractivity contribution < 1.29 is 4.79 Å². The molecule has 0 unspecified atom stereocenters. The highest BCUT2D eigenvalue weighted by Crippen LogP contribution is 2.33. The second kappa shape index (κ2) is 7.83. The van der Waals surface area contributed by atoms with Crippen molar-refractivity contribution >= 4 is 17.5 Å². The van der Waals surface area contributed by atoms with Gasteiger partial charge in [-0.2, -0.15) is 0 Å². The molecule has 0 radical (unpaired) electrons. The Labute approximate surface area is 175 Å². The summed E-state index contributed by atoms with van der Waals surface area (Å²) in [6.07, 6.45) is 1.67. The van der Waals surface area contributed by atoms with Gasteiger partial charge in [0.2, 0.25) is 0 Å². The molecule has 2 N–H and O–H groups in total. The first-order chi connectivity index (χ1) is 14.4. The Morgan fingerprint density at radius 3 is 2.77 bits per heavy atom. The molecule has 0 saturated carbocycles. The first kappa shape index (κ1) is 20.0. The number of fused-ring (bicyclic) bond motifs is 1. The van der Waals surface area contributed by atoms with Crippen molar-refractivity contribution in [2.45, 2.75) is 39.9 Å². The van der Waals surface area contributed by atoms with E-state index in [9.17, 15) is 4.79 Å². The van der Waals surface area contributed by atoms with Crippen LogP contribution in [0.25, 0.3) is 11.5 Å². The van der Waals surface area contributed by atoms with Gasteiger partial charge in [-0.15, -0.1) is 10.2 Å². The number of anilines is 2. The second-order valence-corrected chi connectivity index (χ2v) is 7.41. The van der Waals surface area contributed by atoms with Crippen molar-refractivity contribution in [2.24, 2.45) is 5.73 Å². The molecular weight excluding hydrogens is 380 g/mol. The Morgan fingerprint density at radius 1 is 1.27 bits per heavy atom. The largest absolute Gasteiger partial charge is 0.360 e. The molecular formula is C21H26N8O. The van der Waals surface area contributed by atoms with E-state index in [1.807, 2.05) is 61.6 Å². The molecule has 30 heavy (non-hydrogen) atoms. The number of amides is 1. The molecule has 1 aliphatic heterocycles. The van der Waals surface area contributed by atoms with E-state index < -0.39 is 0 Å². The van der Waals surface area contributed by atoms with Crippen molar-refractivity contribution in [1.82, 2.24) is 24.7 Å². The predicted octanol–water partition coefficient (Wildman–Crippen LogP) is 2.39. The molecule has 1 aliphatic rings. The summed E-state index contributed by atoms with van der Waals surface area (Å²) in [5, 5.41) is 8.15. The van der Waals surface area contributed by atoms with E-state index in [0.717, 1.165) is 30.2 Å². The molecule has 4 heterocycles. The Balaban J connectivity index is 1.74. The zero-order chi connectivity index (χ0) is 21.4. The van der Waals surface area contributed by atoms with Gasteiger partial charge in [-0.25, -0.2) is 9.97 Å². The summed E-state index contributed by atoms with van der Waals surface area (Å²) in [6.45, 7) is 7.86. The summed E-state index contributed by atoms with van der Waals surface area (Å²) in [4.78, 5) is 26.4. The van der Waals surface area contributed by atoms with Gasteiger partial charge in [0.1, 0.15) is 23.7 Å². The number of pyridine rings is 2. The highest BCUT2D eigenvalue weighted by Gasteiger charge is 2.34. The van der Waals surface area contributed by atoms with Crippen LogP contribution in [0.3, 0.4) is 0 Å². The van der Waals surface area contributed by atoms with E-state index in [2.05, 4.69) is 10.2 Å². The molecule has 0 fully saturated rings. The van der Waals surface area contributed by atoms with Gasteiger partial charge in [-0.05, 0) is 39.0 Å². The van der Waals surface area contributed by atoms with Crippen LogP contribution in [-0.4, -0.2) is 44.2 Å². The zero-order valence-electron chi connectivity index (χ0n) is 17.7. The van der Waals surface area contributed by atoms with Crippen LogP contribution >= 0.6 is 0 Å². The fourth-order valence-corrected chi connectivity index (χ4v) is 3.61. The summed E-state index contributed by atoms with van der Waals surface area (Å²) in [5.74, 6) is 1.90. The maximum absolute atomic E-state index is 13.3. The quantitative estimate of drug-likeness (QED) is 0.670. The maximum Gasteiger partial charge on any atom is 0.260 e. The SMILES string of the molecule is CCN(C)c1cc2c(c([C@@H](C)N)n1)CN(c1cccc(-c3nncn3CC)n1)C2=O.